The Labute approximate surface area is 117 Å². The van der Waals surface area contributed by atoms with Gasteiger partial charge in [0.15, 0.2) is 0 Å². The summed E-state index contributed by atoms with van der Waals surface area (Å²) in [7, 11) is 0. The zero-order valence-electron chi connectivity index (χ0n) is 10.9. The van der Waals surface area contributed by atoms with Crippen LogP contribution in [0.3, 0.4) is 0 Å². The van der Waals surface area contributed by atoms with Crippen molar-refractivity contribution in [2.24, 2.45) is 0 Å². The number of nitrogens with two attached hydrogens (primary N) is 1. The third-order valence-corrected chi connectivity index (χ3v) is 2.59. The van der Waals surface area contributed by atoms with Gasteiger partial charge in [-0.15, -0.1) is 0 Å². The number of nitrogen functional groups attached to an aromatic ring is 1. The fraction of sp³-hybridized carbons (Fsp3) is 0.385. The van der Waals surface area contributed by atoms with Gasteiger partial charge in [0.25, 0.3) is 0 Å². The second-order valence-corrected chi connectivity index (χ2v) is 4.75. The maximum absolute atomic E-state index is 11.7. The van der Waals surface area contributed by atoms with Crippen LogP contribution in [0.25, 0.3) is 0 Å². The monoisotopic (exact) mass is 284 g/mol. The normalized spacial score (nSPS) is 10.3. The molecule has 0 atom stereocenters. The number of benzene rings is 1. The molecular formula is C13H17ClN2O3. The number of hydrogen-bond acceptors (Lipinski definition) is 4. The number of amides is 1. The topological polar surface area (TPSA) is 81.4 Å². The van der Waals surface area contributed by atoms with E-state index in [-0.39, 0.29) is 25.0 Å². The Kier molecular flexibility index (Phi) is 5.63. The SMILES string of the molecule is CC(C)NC(=O)CCOC(=O)c1ccc(Cl)c(N)c1. The second kappa shape index (κ2) is 6.99. The molecule has 0 aromatic heterocycles. The molecule has 0 bridgehead atoms. The second-order valence-electron chi connectivity index (χ2n) is 4.34. The summed E-state index contributed by atoms with van der Waals surface area (Å²) < 4.78 is 4.98. The smallest absolute Gasteiger partial charge is 0.338 e. The molecule has 0 radical (unpaired) electrons. The lowest BCUT2D eigenvalue weighted by Gasteiger charge is -2.09. The summed E-state index contributed by atoms with van der Waals surface area (Å²) in [6, 6.07) is 4.56. The highest BCUT2D eigenvalue weighted by molar-refractivity contribution is 6.33. The largest absolute Gasteiger partial charge is 0.462 e. The third kappa shape index (κ3) is 5.18. The number of halogens is 1. The van der Waals surface area contributed by atoms with Crippen LogP contribution in [0.4, 0.5) is 5.69 Å². The van der Waals surface area contributed by atoms with Crippen LogP contribution in [0.2, 0.25) is 5.02 Å². The van der Waals surface area contributed by atoms with Crippen LogP contribution in [0.1, 0.15) is 30.6 Å². The van der Waals surface area contributed by atoms with Gasteiger partial charge in [0.2, 0.25) is 5.91 Å². The molecule has 0 saturated carbocycles. The van der Waals surface area contributed by atoms with Crippen LogP contribution in [-0.2, 0) is 9.53 Å². The minimum Gasteiger partial charge on any atom is -0.462 e. The van der Waals surface area contributed by atoms with Crippen molar-refractivity contribution in [3.8, 4) is 0 Å². The van der Waals surface area contributed by atoms with E-state index >= 15 is 0 Å². The molecule has 1 aromatic carbocycles. The Morgan fingerprint density at radius 1 is 1.42 bits per heavy atom. The maximum Gasteiger partial charge on any atom is 0.338 e. The minimum absolute atomic E-state index is 0.0277. The molecule has 104 valence electrons. The fourth-order valence-electron chi connectivity index (χ4n) is 1.38. The Bertz CT molecular complexity index is 475. The van der Waals surface area contributed by atoms with Gasteiger partial charge in [-0.2, -0.15) is 0 Å². The van der Waals surface area contributed by atoms with E-state index in [1.54, 1.807) is 0 Å². The first-order valence-electron chi connectivity index (χ1n) is 5.91. The fourth-order valence-corrected chi connectivity index (χ4v) is 1.50. The summed E-state index contributed by atoms with van der Waals surface area (Å²) in [5.41, 5.74) is 6.21. The van der Waals surface area contributed by atoms with Gasteiger partial charge < -0.3 is 15.8 Å². The maximum atomic E-state index is 11.7. The quantitative estimate of drug-likeness (QED) is 0.640. The average Bonchev–Trinajstić information content (AvgIpc) is 2.31. The minimum atomic E-state index is -0.527. The Hall–Kier alpha value is -1.75. The standard InChI is InChI=1S/C13H17ClN2O3/c1-8(2)16-12(17)5-6-19-13(18)9-3-4-10(14)11(15)7-9/h3-4,7-8H,5-6,15H2,1-2H3,(H,16,17). The number of carbonyl (C=O) groups excluding carboxylic acids is 2. The molecule has 3 N–H and O–H groups in total. The summed E-state index contributed by atoms with van der Waals surface area (Å²) >= 11 is 5.75. The van der Waals surface area contributed by atoms with Crippen molar-refractivity contribution in [1.82, 2.24) is 5.32 Å². The van der Waals surface area contributed by atoms with E-state index in [4.69, 9.17) is 22.1 Å². The molecular weight excluding hydrogens is 268 g/mol. The van der Waals surface area contributed by atoms with Gasteiger partial charge in [0, 0.05) is 6.04 Å². The van der Waals surface area contributed by atoms with Crippen molar-refractivity contribution in [3.63, 3.8) is 0 Å². The highest BCUT2D eigenvalue weighted by Crippen LogP contribution is 2.19. The number of rotatable bonds is 5. The van der Waals surface area contributed by atoms with Crippen molar-refractivity contribution in [2.75, 3.05) is 12.3 Å². The molecule has 0 fully saturated rings. The molecule has 0 aliphatic rings. The molecule has 1 aromatic rings. The highest BCUT2D eigenvalue weighted by atomic mass is 35.5. The Morgan fingerprint density at radius 2 is 2.11 bits per heavy atom. The molecule has 6 heteroatoms. The number of anilines is 1. The Balaban J connectivity index is 2.43. The zero-order chi connectivity index (χ0) is 14.4. The van der Waals surface area contributed by atoms with Gasteiger partial charge in [0.05, 0.1) is 22.7 Å². The molecule has 0 heterocycles. The first-order chi connectivity index (χ1) is 8.90. The van der Waals surface area contributed by atoms with E-state index in [2.05, 4.69) is 5.32 Å². The summed E-state index contributed by atoms with van der Waals surface area (Å²) in [6.45, 7) is 3.75. The van der Waals surface area contributed by atoms with Gasteiger partial charge in [-0.1, -0.05) is 11.6 Å². The highest BCUT2D eigenvalue weighted by Gasteiger charge is 2.10. The van der Waals surface area contributed by atoms with E-state index in [9.17, 15) is 9.59 Å². The molecule has 0 spiro atoms. The van der Waals surface area contributed by atoms with Crippen LogP contribution in [0.15, 0.2) is 18.2 Å². The van der Waals surface area contributed by atoms with Gasteiger partial charge in [-0.05, 0) is 32.0 Å². The molecule has 0 saturated heterocycles. The number of esters is 1. The van der Waals surface area contributed by atoms with E-state index in [1.165, 1.54) is 18.2 Å². The summed E-state index contributed by atoms with van der Waals surface area (Å²) in [5, 5.41) is 3.09. The molecule has 5 nitrogen and oxygen atoms in total. The van der Waals surface area contributed by atoms with Crippen LogP contribution < -0.4 is 11.1 Å². The average molecular weight is 285 g/mol. The van der Waals surface area contributed by atoms with E-state index in [1.807, 2.05) is 13.8 Å². The van der Waals surface area contributed by atoms with Gasteiger partial charge >= 0.3 is 5.97 Å². The predicted molar refractivity (Wildman–Crippen MR) is 74.0 cm³/mol. The van der Waals surface area contributed by atoms with Crippen molar-refractivity contribution in [3.05, 3.63) is 28.8 Å². The van der Waals surface area contributed by atoms with Crippen LogP contribution in [0.5, 0.6) is 0 Å². The molecule has 19 heavy (non-hydrogen) atoms. The lowest BCUT2D eigenvalue weighted by Crippen LogP contribution is -2.31. The number of hydrogen-bond donors (Lipinski definition) is 2. The van der Waals surface area contributed by atoms with E-state index in [0.717, 1.165) is 0 Å². The summed E-state index contributed by atoms with van der Waals surface area (Å²) in [6.07, 6.45) is 0.132. The van der Waals surface area contributed by atoms with Gasteiger partial charge in [-0.25, -0.2) is 4.79 Å². The number of nitrogens with one attached hydrogen (secondary N) is 1. The van der Waals surface area contributed by atoms with Crippen molar-refractivity contribution in [2.45, 2.75) is 26.3 Å². The van der Waals surface area contributed by atoms with E-state index in [0.29, 0.717) is 16.3 Å². The molecule has 0 aliphatic carbocycles. The first kappa shape index (κ1) is 15.3. The molecule has 0 unspecified atom stereocenters. The molecule has 0 aliphatic heterocycles. The van der Waals surface area contributed by atoms with Crippen LogP contribution in [-0.4, -0.2) is 24.5 Å². The van der Waals surface area contributed by atoms with Crippen LogP contribution in [0, 0.1) is 0 Å². The lowest BCUT2D eigenvalue weighted by molar-refractivity contribution is -0.122. The van der Waals surface area contributed by atoms with Gasteiger partial charge in [-0.3, -0.25) is 4.79 Å². The van der Waals surface area contributed by atoms with Crippen molar-refractivity contribution < 1.29 is 14.3 Å². The number of carbonyl (C=O) groups is 2. The van der Waals surface area contributed by atoms with Crippen LogP contribution >= 0.6 is 11.6 Å². The summed E-state index contributed by atoms with van der Waals surface area (Å²) in [4.78, 5) is 23.0. The summed E-state index contributed by atoms with van der Waals surface area (Å²) in [5.74, 6) is -0.681. The lowest BCUT2D eigenvalue weighted by atomic mass is 10.2. The third-order valence-electron chi connectivity index (χ3n) is 2.24. The zero-order valence-corrected chi connectivity index (χ0v) is 11.7. The number of ether oxygens (including phenoxy) is 1. The van der Waals surface area contributed by atoms with Crippen molar-refractivity contribution >= 4 is 29.2 Å². The molecule has 1 amide bonds. The van der Waals surface area contributed by atoms with Gasteiger partial charge in [0.1, 0.15) is 6.61 Å². The first-order valence-corrected chi connectivity index (χ1v) is 6.29. The predicted octanol–water partition coefficient (Wildman–Crippen LogP) is 1.99. The Morgan fingerprint density at radius 3 is 2.68 bits per heavy atom. The van der Waals surface area contributed by atoms with Crippen molar-refractivity contribution in [1.29, 1.82) is 0 Å². The molecule has 1 rings (SSSR count). The van der Waals surface area contributed by atoms with E-state index < -0.39 is 5.97 Å².